The van der Waals surface area contributed by atoms with E-state index in [1.54, 1.807) is 0 Å². The van der Waals surface area contributed by atoms with Gasteiger partial charge < -0.3 is 10.2 Å². The van der Waals surface area contributed by atoms with E-state index in [9.17, 15) is 9.59 Å². The molecular formula is C22H28N2O2. The van der Waals surface area contributed by atoms with E-state index in [1.807, 2.05) is 49.5 Å². The largest absolute Gasteiger partial charge is 0.375 e. The van der Waals surface area contributed by atoms with Crippen LogP contribution in [0, 0.1) is 0 Å². The SMILES string of the molecule is CCc1ccc(C(=O)CCC(=O)NCCCN(C)c2ccccc2)cc1. The average molecular weight is 352 g/mol. The molecule has 0 unspecified atom stereocenters. The number of nitrogens with zero attached hydrogens (tertiary/aromatic N) is 1. The molecule has 0 atom stereocenters. The molecule has 0 aliphatic rings. The normalized spacial score (nSPS) is 10.4. The van der Waals surface area contributed by atoms with Crippen molar-refractivity contribution in [2.75, 3.05) is 25.0 Å². The fraction of sp³-hybridized carbons (Fsp3) is 0.364. The van der Waals surface area contributed by atoms with Gasteiger partial charge in [0.05, 0.1) is 0 Å². The highest BCUT2D eigenvalue weighted by atomic mass is 16.2. The Hall–Kier alpha value is -2.62. The van der Waals surface area contributed by atoms with Crippen molar-refractivity contribution in [1.29, 1.82) is 0 Å². The lowest BCUT2D eigenvalue weighted by atomic mass is 10.0. The average Bonchev–Trinajstić information content (AvgIpc) is 2.70. The Morgan fingerprint density at radius 2 is 1.65 bits per heavy atom. The van der Waals surface area contributed by atoms with E-state index in [0.29, 0.717) is 12.1 Å². The second-order valence-electron chi connectivity index (χ2n) is 6.43. The van der Waals surface area contributed by atoms with Gasteiger partial charge in [-0.05, 0) is 30.5 Å². The summed E-state index contributed by atoms with van der Waals surface area (Å²) in [4.78, 5) is 26.2. The van der Waals surface area contributed by atoms with E-state index >= 15 is 0 Å². The highest BCUT2D eigenvalue weighted by molar-refractivity contribution is 5.97. The van der Waals surface area contributed by atoms with E-state index in [4.69, 9.17) is 0 Å². The molecule has 0 heterocycles. The molecule has 4 heteroatoms. The molecule has 26 heavy (non-hydrogen) atoms. The van der Waals surface area contributed by atoms with Gasteiger partial charge in [-0.15, -0.1) is 0 Å². The number of hydrogen-bond acceptors (Lipinski definition) is 3. The number of ketones is 1. The van der Waals surface area contributed by atoms with E-state index in [-0.39, 0.29) is 24.5 Å². The maximum atomic E-state index is 12.1. The predicted octanol–water partition coefficient (Wildman–Crippen LogP) is 3.85. The number of rotatable bonds is 10. The number of carbonyl (C=O) groups excluding carboxylic acids is 2. The number of carbonyl (C=O) groups is 2. The minimum absolute atomic E-state index is 0.0200. The van der Waals surface area contributed by atoms with Crippen molar-refractivity contribution in [1.82, 2.24) is 5.32 Å². The molecule has 4 nitrogen and oxygen atoms in total. The summed E-state index contributed by atoms with van der Waals surface area (Å²) in [7, 11) is 2.04. The number of Topliss-reactive ketones (excluding diaryl/α,β-unsaturated/α-hetero) is 1. The molecule has 2 rings (SSSR count). The van der Waals surface area contributed by atoms with Crippen LogP contribution in [0.25, 0.3) is 0 Å². The number of anilines is 1. The van der Waals surface area contributed by atoms with Crippen LogP contribution in [0.15, 0.2) is 54.6 Å². The van der Waals surface area contributed by atoms with Gasteiger partial charge in [-0.2, -0.15) is 0 Å². The van der Waals surface area contributed by atoms with E-state index in [0.717, 1.165) is 19.4 Å². The molecule has 0 saturated heterocycles. The molecule has 0 aliphatic carbocycles. The molecule has 0 spiro atoms. The fourth-order valence-corrected chi connectivity index (χ4v) is 2.74. The van der Waals surface area contributed by atoms with Crippen LogP contribution < -0.4 is 10.2 Å². The number of nitrogens with one attached hydrogen (secondary N) is 1. The second-order valence-corrected chi connectivity index (χ2v) is 6.43. The summed E-state index contributed by atoms with van der Waals surface area (Å²) in [6.07, 6.45) is 2.31. The number of para-hydroxylation sites is 1. The van der Waals surface area contributed by atoms with E-state index < -0.39 is 0 Å². The molecule has 0 aromatic heterocycles. The van der Waals surface area contributed by atoms with Gasteiger partial charge in [-0.1, -0.05) is 49.4 Å². The molecule has 0 aliphatic heterocycles. The molecule has 1 N–H and O–H groups in total. The quantitative estimate of drug-likeness (QED) is 0.522. The minimum Gasteiger partial charge on any atom is -0.375 e. The first-order chi connectivity index (χ1) is 12.6. The summed E-state index contributed by atoms with van der Waals surface area (Å²) in [6.45, 7) is 3.57. The third kappa shape index (κ3) is 6.36. The van der Waals surface area contributed by atoms with Crippen LogP contribution in [0.3, 0.4) is 0 Å². The maximum Gasteiger partial charge on any atom is 0.220 e. The van der Waals surface area contributed by atoms with Crippen molar-refractivity contribution in [3.8, 4) is 0 Å². The van der Waals surface area contributed by atoms with Gasteiger partial charge in [-0.25, -0.2) is 0 Å². The van der Waals surface area contributed by atoms with Crippen LogP contribution in [-0.4, -0.2) is 31.8 Å². The number of amides is 1. The van der Waals surface area contributed by atoms with Crippen LogP contribution in [-0.2, 0) is 11.2 Å². The molecule has 0 fully saturated rings. The topological polar surface area (TPSA) is 49.4 Å². The van der Waals surface area contributed by atoms with Gasteiger partial charge in [0.15, 0.2) is 5.78 Å². The van der Waals surface area contributed by atoms with Crippen LogP contribution in [0.1, 0.15) is 42.1 Å². The Bertz CT molecular complexity index is 696. The zero-order chi connectivity index (χ0) is 18.8. The number of hydrogen-bond donors (Lipinski definition) is 1. The lowest BCUT2D eigenvalue weighted by Crippen LogP contribution is -2.28. The summed E-state index contributed by atoms with van der Waals surface area (Å²) in [6, 6.07) is 17.8. The molecule has 0 radical (unpaired) electrons. The zero-order valence-corrected chi connectivity index (χ0v) is 15.7. The summed E-state index contributed by atoms with van der Waals surface area (Å²) in [5, 5.41) is 2.90. The third-order valence-electron chi connectivity index (χ3n) is 4.45. The predicted molar refractivity (Wildman–Crippen MR) is 107 cm³/mol. The minimum atomic E-state index is -0.0640. The first-order valence-corrected chi connectivity index (χ1v) is 9.25. The molecule has 2 aromatic carbocycles. The smallest absolute Gasteiger partial charge is 0.220 e. The van der Waals surface area contributed by atoms with Crippen LogP contribution in [0.5, 0.6) is 0 Å². The van der Waals surface area contributed by atoms with Crippen LogP contribution in [0.2, 0.25) is 0 Å². The fourth-order valence-electron chi connectivity index (χ4n) is 2.74. The summed E-state index contributed by atoms with van der Waals surface area (Å²) in [5.74, 6) is -0.0440. The van der Waals surface area contributed by atoms with Gasteiger partial charge in [0.25, 0.3) is 0 Å². The summed E-state index contributed by atoms with van der Waals surface area (Å²) in [5.41, 5.74) is 3.05. The van der Waals surface area contributed by atoms with Crippen molar-refractivity contribution >= 4 is 17.4 Å². The summed E-state index contributed by atoms with van der Waals surface area (Å²) >= 11 is 0. The number of aryl methyl sites for hydroxylation is 1. The van der Waals surface area contributed by atoms with Crippen molar-refractivity contribution < 1.29 is 9.59 Å². The molecule has 2 aromatic rings. The molecular weight excluding hydrogens is 324 g/mol. The van der Waals surface area contributed by atoms with Crippen molar-refractivity contribution in [2.24, 2.45) is 0 Å². The Morgan fingerprint density at radius 3 is 2.31 bits per heavy atom. The first-order valence-electron chi connectivity index (χ1n) is 9.25. The third-order valence-corrected chi connectivity index (χ3v) is 4.45. The van der Waals surface area contributed by atoms with Crippen molar-refractivity contribution in [3.05, 3.63) is 65.7 Å². The summed E-state index contributed by atoms with van der Waals surface area (Å²) < 4.78 is 0. The lowest BCUT2D eigenvalue weighted by Gasteiger charge is -2.19. The van der Waals surface area contributed by atoms with Gasteiger partial charge in [0.2, 0.25) is 5.91 Å². The molecule has 0 saturated carbocycles. The maximum absolute atomic E-state index is 12.1. The molecule has 0 bridgehead atoms. The van der Waals surface area contributed by atoms with Gasteiger partial charge in [0, 0.05) is 44.2 Å². The first kappa shape index (κ1) is 19.7. The second kappa shape index (κ2) is 10.4. The van der Waals surface area contributed by atoms with Gasteiger partial charge >= 0.3 is 0 Å². The Kier molecular flexibility index (Phi) is 7.87. The Morgan fingerprint density at radius 1 is 0.962 bits per heavy atom. The van der Waals surface area contributed by atoms with Crippen molar-refractivity contribution in [2.45, 2.75) is 32.6 Å². The van der Waals surface area contributed by atoms with Gasteiger partial charge in [-0.3, -0.25) is 9.59 Å². The van der Waals surface area contributed by atoms with E-state index in [2.05, 4.69) is 29.3 Å². The standard InChI is InChI=1S/C22H28N2O2/c1-3-18-10-12-19(13-11-18)21(25)14-15-22(26)23-16-7-17-24(2)20-8-5-4-6-9-20/h4-6,8-13H,3,7,14-17H2,1-2H3,(H,23,26). The monoisotopic (exact) mass is 352 g/mol. The molecule has 138 valence electrons. The number of benzene rings is 2. The Labute approximate surface area is 156 Å². The zero-order valence-electron chi connectivity index (χ0n) is 15.7. The highest BCUT2D eigenvalue weighted by Crippen LogP contribution is 2.11. The van der Waals surface area contributed by atoms with Crippen LogP contribution in [0.4, 0.5) is 5.69 Å². The lowest BCUT2D eigenvalue weighted by molar-refractivity contribution is -0.121. The van der Waals surface area contributed by atoms with Crippen molar-refractivity contribution in [3.63, 3.8) is 0 Å². The highest BCUT2D eigenvalue weighted by Gasteiger charge is 2.09. The Balaban J connectivity index is 1.63. The van der Waals surface area contributed by atoms with E-state index in [1.165, 1.54) is 11.3 Å². The molecule has 1 amide bonds. The van der Waals surface area contributed by atoms with Gasteiger partial charge in [0.1, 0.15) is 0 Å². The van der Waals surface area contributed by atoms with Crippen LogP contribution >= 0.6 is 0 Å².